The van der Waals surface area contributed by atoms with E-state index in [0.717, 1.165) is 35.9 Å². The molecule has 1 saturated heterocycles. The Bertz CT molecular complexity index is 762. The van der Waals surface area contributed by atoms with Crippen LogP contribution in [0.25, 0.3) is 10.9 Å². The van der Waals surface area contributed by atoms with Gasteiger partial charge in [0.25, 0.3) is 0 Å². The van der Waals surface area contributed by atoms with Gasteiger partial charge in [0.2, 0.25) is 0 Å². The average Bonchev–Trinajstić information content (AvgIpc) is 3.09. The molecule has 2 heterocycles. The number of piperidine rings is 1. The molecule has 0 bridgehead atoms. The molecular weight excluding hydrogens is 318 g/mol. The summed E-state index contributed by atoms with van der Waals surface area (Å²) in [5.74, 6) is 0. The molecule has 6 heteroatoms. The molecule has 1 saturated carbocycles. The highest BCUT2D eigenvalue weighted by Crippen LogP contribution is 2.50. The summed E-state index contributed by atoms with van der Waals surface area (Å²) < 4.78 is 5.78. The Morgan fingerprint density at radius 3 is 2.92 bits per heavy atom. The number of aromatic nitrogens is 1. The SMILES string of the molecule is CCOC1CC(O)C12CCN(C(=O)Nc1ccc3[nH]ccc3c1)CC2. The minimum Gasteiger partial charge on any atom is -0.392 e. The third kappa shape index (κ3) is 2.79. The Hall–Kier alpha value is -2.05. The molecule has 1 spiro atoms. The van der Waals surface area contributed by atoms with Crippen molar-refractivity contribution >= 4 is 22.6 Å². The second-order valence-corrected chi connectivity index (χ2v) is 7.13. The van der Waals surface area contributed by atoms with Crippen LogP contribution in [0.4, 0.5) is 10.5 Å². The van der Waals surface area contributed by atoms with Crippen molar-refractivity contribution in [3.05, 3.63) is 30.5 Å². The number of benzene rings is 1. The number of nitrogens with zero attached hydrogens (tertiary/aromatic N) is 1. The lowest BCUT2D eigenvalue weighted by Crippen LogP contribution is -2.63. The van der Waals surface area contributed by atoms with Crippen LogP contribution in [-0.4, -0.2) is 52.9 Å². The van der Waals surface area contributed by atoms with E-state index in [4.69, 9.17) is 4.74 Å². The number of H-pyrrole nitrogens is 1. The minimum absolute atomic E-state index is 0.0773. The van der Waals surface area contributed by atoms with Crippen LogP contribution in [-0.2, 0) is 4.74 Å². The fourth-order valence-corrected chi connectivity index (χ4v) is 4.28. The second-order valence-electron chi connectivity index (χ2n) is 7.13. The van der Waals surface area contributed by atoms with Gasteiger partial charge in [0.1, 0.15) is 0 Å². The Labute approximate surface area is 147 Å². The third-order valence-corrected chi connectivity index (χ3v) is 5.90. The first-order valence-electron chi connectivity index (χ1n) is 9.05. The second kappa shape index (κ2) is 6.35. The number of aliphatic hydroxyl groups excluding tert-OH is 1. The molecule has 25 heavy (non-hydrogen) atoms. The third-order valence-electron chi connectivity index (χ3n) is 5.90. The summed E-state index contributed by atoms with van der Waals surface area (Å²) >= 11 is 0. The number of likely N-dealkylation sites (tertiary alicyclic amines) is 1. The lowest BCUT2D eigenvalue weighted by Gasteiger charge is -2.56. The predicted octanol–water partition coefficient (Wildman–Crippen LogP) is 2.95. The van der Waals surface area contributed by atoms with Crippen LogP contribution in [0.2, 0.25) is 0 Å². The first-order valence-corrected chi connectivity index (χ1v) is 9.05. The number of fused-ring (bicyclic) bond motifs is 1. The molecule has 3 N–H and O–H groups in total. The van der Waals surface area contributed by atoms with E-state index < -0.39 is 0 Å². The van der Waals surface area contributed by atoms with Gasteiger partial charge in [0.05, 0.1) is 12.2 Å². The van der Waals surface area contributed by atoms with E-state index in [1.165, 1.54) is 0 Å². The maximum atomic E-state index is 12.6. The van der Waals surface area contributed by atoms with Gasteiger partial charge in [-0.3, -0.25) is 0 Å². The number of nitrogens with one attached hydrogen (secondary N) is 2. The zero-order chi connectivity index (χ0) is 17.4. The van der Waals surface area contributed by atoms with Crippen molar-refractivity contribution in [3.63, 3.8) is 0 Å². The number of carbonyl (C=O) groups is 1. The zero-order valence-corrected chi connectivity index (χ0v) is 14.5. The van der Waals surface area contributed by atoms with E-state index in [-0.39, 0.29) is 23.7 Å². The number of carbonyl (C=O) groups excluding carboxylic acids is 1. The Balaban J connectivity index is 1.38. The molecule has 2 unspecified atom stereocenters. The number of aliphatic hydroxyl groups is 1. The number of rotatable bonds is 3. The molecule has 0 radical (unpaired) electrons. The predicted molar refractivity (Wildman–Crippen MR) is 96.6 cm³/mol. The normalized spacial score (nSPS) is 25.1. The summed E-state index contributed by atoms with van der Waals surface area (Å²) in [6.45, 7) is 3.96. The van der Waals surface area contributed by atoms with Crippen LogP contribution in [0.3, 0.4) is 0 Å². The van der Waals surface area contributed by atoms with Gasteiger partial charge in [-0.05, 0) is 44.0 Å². The smallest absolute Gasteiger partial charge is 0.321 e. The zero-order valence-electron chi connectivity index (χ0n) is 14.5. The molecule has 6 nitrogen and oxygen atoms in total. The quantitative estimate of drug-likeness (QED) is 0.802. The summed E-state index contributed by atoms with van der Waals surface area (Å²) in [7, 11) is 0. The lowest BCUT2D eigenvalue weighted by atomic mass is 9.58. The number of urea groups is 1. The van der Waals surface area contributed by atoms with Gasteiger partial charge in [-0.1, -0.05) is 0 Å². The molecule has 2 aromatic rings. The van der Waals surface area contributed by atoms with Crippen LogP contribution in [0.15, 0.2) is 30.5 Å². The van der Waals surface area contributed by atoms with Crippen LogP contribution in [0.1, 0.15) is 26.2 Å². The fraction of sp³-hybridized carbons (Fsp3) is 0.526. The van der Waals surface area contributed by atoms with Crippen LogP contribution in [0, 0.1) is 5.41 Å². The number of amides is 2. The molecule has 134 valence electrons. The van der Waals surface area contributed by atoms with Gasteiger partial charge in [-0.2, -0.15) is 0 Å². The van der Waals surface area contributed by atoms with Gasteiger partial charge in [-0.15, -0.1) is 0 Å². The standard InChI is InChI=1S/C19H25N3O3/c1-2-25-17-12-16(23)19(17)6-9-22(10-7-19)18(24)21-14-3-4-15-13(11-14)5-8-20-15/h3-5,8,11,16-17,20,23H,2,6-7,9-10,12H2,1H3,(H,21,24). The largest absolute Gasteiger partial charge is 0.392 e. The maximum absolute atomic E-state index is 12.6. The topological polar surface area (TPSA) is 77.6 Å². The van der Waals surface area contributed by atoms with E-state index in [2.05, 4.69) is 10.3 Å². The van der Waals surface area contributed by atoms with E-state index in [1.807, 2.05) is 42.3 Å². The van der Waals surface area contributed by atoms with Crippen molar-refractivity contribution in [1.82, 2.24) is 9.88 Å². The van der Waals surface area contributed by atoms with Gasteiger partial charge in [-0.25, -0.2) is 4.79 Å². The van der Waals surface area contributed by atoms with E-state index in [1.54, 1.807) is 0 Å². The van der Waals surface area contributed by atoms with Gasteiger partial charge in [0.15, 0.2) is 0 Å². The first-order chi connectivity index (χ1) is 12.1. The number of hydrogen-bond donors (Lipinski definition) is 3. The Morgan fingerprint density at radius 2 is 2.20 bits per heavy atom. The van der Waals surface area contributed by atoms with Crippen molar-refractivity contribution in [3.8, 4) is 0 Å². The van der Waals surface area contributed by atoms with Crippen molar-refractivity contribution in [2.75, 3.05) is 25.0 Å². The maximum Gasteiger partial charge on any atom is 0.321 e. The summed E-state index contributed by atoms with van der Waals surface area (Å²) in [6, 6.07) is 7.75. The number of ether oxygens (including phenoxy) is 1. The molecule has 1 aromatic carbocycles. The first kappa shape index (κ1) is 16.4. The van der Waals surface area contributed by atoms with Crippen LogP contribution < -0.4 is 5.32 Å². The molecule has 4 rings (SSSR count). The highest BCUT2D eigenvalue weighted by Gasteiger charge is 2.56. The molecule has 1 aromatic heterocycles. The monoisotopic (exact) mass is 343 g/mol. The van der Waals surface area contributed by atoms with Crippen molar-refractivity contribution in [2.45, 2.75) is 38.4 Å². The van der Waals surface area contributed by atoms with Crippen LogP contribution >= 0.6 is 0 Å². The molecule has 2 amide bonds. The number of hydrogen-bond acceptors (Lipinski definition) is 3. The summed E-state index contributed by atoms with van der Waals surface area (Å²) in [5.41, 5.74) is 1.70. The molecule has 1 aliphatic heterocycles. The van der Waals surface area contributed by atoms with E-state index >= 15 is 0 Å². The Morgan fingerprint density at radius 1 is 1.40 bits per heavy atom. The summed E-state index contributed by atoms with van der Waals surface area (Å²) in [6.07, 6.45) is 4.03. The van der Waals surface area contributed by atoms with E-state index in [9.17, 15) is 9.90 Å². The van der Waals surface area contributed by atoms with Crippen molar-refractivity contribution < 1.29 is 14.6 Å². The molecule has 2 atom stereocenters. The number of aromatic amines is 1. The van der Waals surface area contributed by atoms with Gasteiger partial charge >= 0.3 is 6.03 Å². The van der Waals surface area contributed by atoms with Gasteiger partial charge in [0, 0.05) is 54.3 Å². The molecule has 1 aliphatic carbocycles. The van der Waals surface area contributed by atoms with Gasteiger partial charge < -0.3 is 25.0 Å². The number of anilines is 1. The molecule has 2 fully saturated rings. The summed E-state index contributed by atoms with van der Waals surface area (Å²) in [4.78, 5) is 17.5. The van der Waals surface area contributed by atoms with E-state index in [0.29, 0.717) is 19.7 Å². The Kier molecular flexibility index (Phi) is 4.17. The minimum atomic E-state index is -0.301. The van der Waals surface area contributed by atoms with Crippen molar-refractivity contribution in [1.29, 1.82) is 0 Å². The van der Waals surface area contributed by atoms with Crippen LogP contribution in [0.5, 0.6) is 0 Å². The average molecular weight is 343 g/mol. The van der Waals surface area contributed by atoms with Crippen molar-refractivity contribution in [2.24, 2.45) is 5.41 Å². The highest BCUT2D eigenvalue weighted by atomic mass is 16.5. The fourth-order valence-electron chi connectivity index (χ4n) is 4.28. The molecular formula is C19H25N3O3. The highest BCUT2D eigenvalue weighted by molar-refractivity contribution is 5.92. The summed E-state index contributed by atoms with van der Waals surface area (Å²) in [5, 5.41) is 14.3. The molecule has 2 aliphatic rings. The lowest BCUT2D eigenvalue weighted by molar-refractivity contribution is -0.207.